The van der Waals surface area contributed by atoms with Gasteiger partial charge in [0.25, 0.3) is 0 Å². The molecule has 0 saturated heterocycles. The Morgan fingerprint density at radius 2 is 2.11 bits per heavy atom. The third kappa shape index (κ3) is 3.44. The minimum Gasteiger partial charge on any atom is -0.379 e. The molecule has 1 aromatic carbocycles. The topological polar surface area (TPSA) is 21.3 Å². The normalized spacial score (nSPS) is 14.6. The van der Waals surface area contributed by atoms with Crippen molar-refractivity contribution in [3.63, 3.8) is 0 Å². The maximum Gasteiger partial charge on any atom is 0.147 e. The molecule has 0 bridgehead atoms. The third-order valence-corrected chi connectivity index (χ3v) is 4.16. The second kappa shape index (κ2) is 7.43. The number of hydrogen-bond acceptors (Lipinski definition) is 2. The van der Waals surface area contributed by atoms with Gasteiger partial charge in [0, 0.05) is 17.1 Å². The van der Waals surface area contributed by atoms with Crippen LogP contribution in [-0.2, 0) is 4.74 Å². The molecule has 5 heteroatoms. The molecule has 2 atom stereocenters. The first-order valence-electron chi connectivity index (χ1n) is 5.96. The molecule has 0 aliphatic rings. The zero-order valence-corrected chi connectivity index (χ0v) is 13.1. The Kier molecular flexibility index (Phi) is 6.57. The molecule has 0 heterocycles. The summed E-state index contributed by atoms with van der Waals surface area (Å²) in [6, 6.07) is 3.30. The Morgan fingerprint density at radius 1 is 1.44 bits per heavy atom. The van der Waals surface area contributed by atoms with Crippen LogP contribution in [-0.4, -0.2) is 19.8 Å². The first-order valence-corrected chi connectivity index (χ1v) is 7.13. The summed E-state index contributed by atoms with van der Waals surface area (Å²) in [5.41, 5.74) is 0.541. The lowest BCUT2D eigenvalue weighted by atomic mass is 9.99. The maximum absolute atomic E-state index is 14.2. The predicted octanol–water partition coefficient (Wildman–Crippen LogP) is 4.32. The van der Waals surface area contributed by atoms with Gasteiger partial charge in [0.1, 0.15) is 5.82 Å². The van der Waals surface area contributed by atoms with Crippen LogP contribution in [0.5, 0.6) is 0 Å². The van der Waals surface area contributed by atoms with Gasteiger partial charge < -0.3 is 10.1 Å². The second-order valence-corrected chi connectivity index (χ2v) is 5.21. The minimum atomic E-state index is -0.396. The molecule has 0 aliphatic heterocycles. The Labute approximate surface area is 121 Å². The van der Waals surface area contributed by atoms with Crippen LogP contribution < -0.4 is 5.32 Å². The third-order valence-electron chi connectivity index (χ3n) is 2.90. The fourth-order valence-electron chi connectivity index (χ4n) is 1.98. The quantitative estimate of drug-likeness (QED) is 0.780. The Hall–Kier alpha value is -0.160. The van der Waals surface area contributed by atoms with Crippen LogP contribution in [0.2, 0.25) is 5.02 Å². The van der Waals surface area contributed by atoms with E-state index in [1.165, 1.54) is 0 Å². The van der Waals surface area contributed by atoms with Crippen molar-refractivity contribution in [2.24, 2.45) is 0 Å². The molecule has 0 radical (unpaired) electrons. The van der Waals surface area contributed by atoms with Crippen molar-refractivity contribution in [2.45, 2.75) is 32.4 Å². The highest BCUT2D eigenvalue weighted by Gasteiger charge is 2.25. The highest BCUT2D eigenvalue weighted by Crippen LogP contribution is 2.32. The van der Waals surface area contributed by atoms with Crippen molar-refractivity contribution in [3.05, 3.63) is 33.0 Å². The minimum absolute atomic E-state index is 0.0864. The van der Waals surface area contributed by atoms with E-state index in [-0.39, 0.29) is 17.2 Å². The number of halogens is 3. The van der Waals surface area contributed by atoms with Crippen LogP contribution in [0.4, 0.5) is 4.39 Å². The van der Waals surface area contributed by atoms with E-state index >= 15 is 0 Å². The number of nitrogens with one attached hydrogen (secondary N) is 1. The Bertz CT molecular complexity index is 399. The van der Waals surface area contributed by atoms with E-state index in [9.17, 15) is 4.39 Å². The fraction of sp³-hybridized carbons (Fsp3) is 0.538. The molecule has 0 aliphatic carbocycles. The monoisotopic (exact) mass is 337 g/mol. The lowest BCUT2D eigenvalue weighted by Crippen LogP contribution is -2.33. The van der Waals surface area contributed by atoms with E-state index in [0.29, 0.717) is 10.0 Å². The maximum atomic E-state index is 14.2. The molecule has 0 amide bonds. The summed E-state index contributed by atoms with van der Waals surface area (Å²) in [4.78, 5) is 0. The van der Waals surface area contributed by atoms with E-state index in [1.807, 2.05) is 13.8 Å². The van der Waals surface area contributed by atoms with E-state index in [0.717, 1.165) is 13.0 Å². The van der Waals surface area contributed by atoms with Crippen molar-refractivity contribution in [1.82, 2.24) is 5.32 Å². The fourth-order valence-corrected chi connectivity index (χ4v) is 2.46. The van der Waals surface area contributed by atoms with Gasteiger partial charge in [0.2, 0.25) is 0 Å². The van der Waals surface area contributed by atoms with Crippen molar-refractivity contribution in [2.75, 3.05) is 13.7 Å². The van der Waals surface area contributed by atoms with E-state index in [1.54, 1.807) is 19.2 Å². The molecular weight excluding hydrogens is 321 g/mol. The van der Waals surface area contributed by atoms with Crippen molar-refractivity contribution < 1.29 is 9.13 Å². The number of likely N-dealkylation sites (N-methyl/N-ethyl adjacent to an activating group) is 1. The van der Waals surface area contributed by atoms with Gasteiger partial charge >= 0.3 is 0 Å². The molecule has 1 aromatic rings. The van der Waals surface area contributed by atoms with Gasteiger partial charge in [-0.1, -0.05) is 31.5 Å². The van der Waals surface area contributed by atoms with E-state index in [2.05, 4.69) is 21.2 Å². The lowest BCUT2D eigenvalue weighted by Gasteiger charge is -2.27. The second-order valence-electron chi connectivity index (χ2n) is 3.98. The van der Waals surface area contributed by atoms with Gasteiger partial charge in [-0.2, -0.15) is 0 Å². The summed E-state index contributed by atoms with van der Waals surface area (Å²) in [7, 11) is 1.64. The summed E-state index contributed by atoms with van der Waals surface area (Å²) in [5.74, 6) is -0.396. The van der Waals surface area contributed by atoms with Crippen molar-refractivity contribution in [1.29, 1.82) is 0 Å². The van der Waals surface area contributed by atoms with Crippen molar-refractivity contribution >= 4 is 27.5 Å². The molecule has 2 nitrogen and oxygen atoms in total. The molecule has 2 unspecified atom stereocenters. The van der Waals surface area contributed by atoms with Gasteiger partial charge in [-0.25, -0.2) is 4.39 Å². The predicted molar refractivity (Wildman–Crippen MR) is 76.6 cm³/mol. The number of rotatable bonds is 6. The number of methoxy groups -OCH3 is 1. The largest absolute Gasteiger partial charge is 0.379 e. The van der Waals surface area contributed by atoms with Crippen LogP contribution in [0.15, 0.2) is 16.6 Å². The SMILES string of the molecule is CCNC(c1ccc(Br)c(Cl)c1F)C(CC)OC. The summed E-state index contributed by atoms with van der Waals surface area (Å²) in [6.07, 6.45) is 0.707. The molecule has 1 rings (SSSR count). The standard InChI is InChI=1S/C13H18BrClFNO/c1-4-10(18-3)13(17-5-2)8-6-7-9(14)11(15)12(8)16/h6-7,10,13,17H,4-5H2,1-3H3. The first kappa shape index (κ1) is 15.9. The molecular formula is C13H18BrClFNO. The summed E-state index contributed by atoms with van der Waals surface area (Å²) < 4.78 is 20.2. The van der Waals surface area contributed by atoms with Crippen LogP contribution in [0, 0.1) is 5.82 Å². The molecule has 0 fully saturated rings. The molecule has 102 valence electrons. The molecule has 18 heavy (non-hydrogen) atoms. The molecule has 0 spiro atoms. The van der Waals surface area contributed by atoms with Crippen LogP contribution >= 0.6 is 27.5 Å². The number of benzene rings is 1. The molecule has 0 saturated carbocycles. The summed E-state index contributed by atoms with van der Waals surface area (Å²) in [5, 5.41) is 3.36. The average Bonchev–Trinajstić information content (AvgIpc) is 2.37. The lowest BCUT2D eigenvalue weighted by molar-refractivity contribution is 0.0644. The van der Waals surface area contributed by atoms with E-state index in [4.69, 9.17) is 16.3 Å². The average molecular weight is 339 g/mol. The van der Waals surface area contributed by atoms with Crippen LogP contribution in [0.3, 0.4) is 0 Å². The van der Waals surface area contributed by atoms with Gasteiger partial charge in [-0.3, -0.25) is 0 Å². The van der Waals surface area contributed by atoms with Crippen LogP contribution in [0.1, 0.15) is 31.9 Å². The van der Waals surface area contributed by atoms with Crippen LogP contribution in [0.25, 0.3) is 0 Å². The van der Waals surface area contributed by atoms with Gasteiger partial charge in [-0.05, 0) is 35.0 Å². The molecule has 0 aromatic heterocycles. The van der Waals surface area contributed by atoms with Gasteiger partial charge in [-0.15, -0.1) is 0 Å². The van der Waals surface area contributed by atoms with Crippen molar-refractivity contribution in [3.8, 4) is 0 Å². The number of ether oxygens (including phenoxy) is 1. The molecule has 1 N–H and O–H groups in total. The van der Waals surface area contributed by atoms with E-state index < -0.39 is 5.82 Å². The zero-order valence-electron chi connectivity index (χ0n) is 10.8. The Balaban J connectivity index is 3.17. The van der Waals surface area contributed by atoms with Gasteiger partial charge in [0.05, 0.1) is 17.2 Å². The number of hydrogen-bond donors (Lipinski definition) is 1. The Morgan fingerprint density at radius 3 is 2.61 bits per heavy atom. The highest BCUT2D eigenvalue weighted by atomic mass is 79.9. The summed E-state index contributed by atoms with van der Waals surface area (Å²) in [6.45, 7) is 4.72. The zero-order chi connectivity index (χ0) is 13.7. The smallest absolute Gasteiger partial charge is 0.147 e. The first-order chi connectivity index (χ1) is 8.56. The summed E-state index contributed by atoms with van der Waals surface area (Å²) >= 11 is 9.14. The highest BCUT2D eigenvalue weighted by molar-refractivity contribution is 9.10. The van der Waals surface area contributed by atoms with Gasteiger partial charge in [0.15, 0.2) is 0 Å².